The quantitative estimate of drug-likeness (QED) is 0.773. The molecule has 3 nitrogen and oxygen atoms in total. The Kier molecular flexibility index (Phi) is 9.27. The van der Waals surface area contributed by atoms with Crippen molar-refractivity contribution in [2.24, 2.45) is 5.92 Å². The zero-order chi connectivity index (χ0) is 12.0. The molecule has 0 spiro atoms. The fourth-order valence-electron chi connectivity index (χ4n) is 1.04. The van der Waals surface area contributed by atoms with Gasteiger partial charge in [-0.05, 0) is 5.92 Å². The average molecular weight is 262 g/mol. The first-order chi connectivity index (χ1) is 6.86. The van der Waals surface area contributed by atoms with Crippen LogP contribution in [0.15, 0.2) is 11.9 Å². The molecule has 0 aromatic rings. The zero-order valence-electron chi connectivity index (χ0n) is 8.97. The molecular weight excluding hydrogens is 247 g/mol. The van der Waals surface area contributed by atoms with Gasteiger partial charge in [0.05, 0.1) is 0 Å². The standard InChI is InChI=1S/C9H14F3NO2.ClH/c1-5(2)7(9(14)15)13-4-3-6(10)8(11)12;/h5,7,13H,3-4H2,1-2H3,(H,14,15);1H/t7-;/m0./s1. The summed E-state index contributed by atoms with van der Waals surface area (Å²) < 4.78 is 35.6. The van der Waals surface area contributed by atoms with E-state index >= 15 is 0 Å². The van der Waals surface area contributed by atoms with Crippen molar-refractivity contribution in [2.45, 2.75) is 26.3 Å². The molecule has 0 aliphatic carbocycles. The van der Waals surface area contributed by atoms with E-state index in [1.807, 2.05) is 0 Å². The van der Waals surface area contributed by atoms with Crippen molar-refractivity contribution in [1.82, 2.24) is 5.32 Å². The maximum atomic E-state index is 12.3. The summed E-state index contributed by atoms with van der Waals surface area (Å²) in [6.07, 6.45) is -2.85. The summed E-state index contributed by atoms with van der Waals surface area (Å²) in [5, 5.41) is 11.2. The topological polar surface area (TPSA) is 49.3 Å². The van der Waals surface area contributed by atoms with Crippen molar-refractivity contribution < 1.29 is 23.1 Å². The van der Waals surface area contributed by atoms with Gasteiger partial charge in [-0.2, -0.15) is 8.78 Å². The molecule has 0 heterocycles. The highest BCUT2D eigenvalue weighted by Crippen LogP contribution is 2.12. The summed E-state index contributed by atoms with van der Waals surface area (Å²) in [5.74, 6) is -2.77. The number of carboxylic acid groups (broad SMARTS) is 1. The predicted octanol–water partition coefficient (Wildman–Crippen LogP) is 2.57. The van der Waals surface area contributed by atoms with E-state index in [9.17, 15) is 18.0 Å². The molecule has 2 N–H and O–H groups in total. The van der Waals surface area contributed by atoms with Gasteiger partial charge in [0.25, 0.3) is 0 Å². The lowest BCUT2D eigenvalue weighted by molar-refractivity contribution is -0.140. The molecule has 0 unspecified atom stereocenters. The molecule has 0 aromatic carbocycles. The van der Waals surface area contributed by atoms with Gasteiger partial charge < -0.3 is 10.4 Å². The minimum absolute atomic E-state index is 0. The Morgan fingerprint density at radius 3 is 2.12 bits per heavy atom. The Morgan fingerprint density at radius 2 is 1.81 bits per heavy atom. The first-order valence-electron chi connectivity index (χ1n) is 4.52. The first kappa shape index (κ1) is 17.6. The van der Waals surface area contributed by atoms with E-state index in [1.165, 1.54) is 0 Å². The Labute approximate surface area is 98.1 Å². The van der Waals surface area contributed by atoms with E-state index in [0.29, 0.717) is 0 Å². The van der Waals surface area contributed by atoms with Gasteiger partial charge in [-0.25, -0.2) is 4.39 Å². The average Bonchev–Trinajstić information content (AvgIpc) is 2.10. The Morgan fingerprint density at radius 1 is 1.31 bits per heavy atom. The molecule has 0 amide bonds. The number of aliphatic carboxylic acids is 1. The maximum Gasteiger partial charge on any atom is 0.320 e. The molecule has 0 saturated heterocycles. The lowest BCUT2D eigenvalue weighted by atomic mass is 10.0. The number of rotatable bonds is 6. The number of halogens is 4. The number of carbonyl (C=O) groups is 1. The first-order valence-corrected chi connectivity index (χ1v) is 4.52. The summed E-state index contributed by atoms with van der Waals surface area (Å²) in [6.45, 7) is 3.22. The highest BCUT2D eigenvalue weighted by molar-refractivity contribution is 5.85. The lowest BCUT2D eigenvalue weighted by Gasteiger charge is -2.17. The van der Waals surface area contributed by atoms with Gasteiger partial charge in [-0.1, -0.05) is 13.8 Å². The Hall–Kier alpha value is -0.750. The van der Waals surface area contributed by atoms with E-state index in [-0.39, 0.29) is 24.9 Å². The highest BCUT2D eigenvalue weighted by Gasteiger charge is 2.20. The minimum Gasteiger partial charge on any atom is -0.480 e. The lowest BCUT2D eigenvalue weighted by Crippen LogP contribution is -2.41. The van der Waals surface area contributed by atoms with Crippen LogP contribution >= 0.6 is 12.4 Å². The number of nitrogens with one attached hydrogen (secondary N) is 1. The largest absolute Gasteiger partial charge is 0.480 e. The molecule has 0 rings (SSSR count). The van der Waals surface area contributed by atoms with Crippen LogP contribution in [0.2, 0.25) is 0 Å². The van der Waals surface area contributed by atoms with Gasteiger partial charge in [0.15, 0.2) is 5.83 Å². The second kappa shape index (κ2) is 8.41. The van der Waals surface area contributed by atoms with Gasteiger partial charge in [0.2, 0.25) is 0 Å². The number of hydrogen-bond donors (Lipinski definition) is 2. The third-order valence-corrected chi connectivity index (χ3v) is 1.85. The predicted molar refractivity (Wildman–Crippen MR) is 56.5 cm³/mol. The molecule has 7 heteroatoms. The second-order valence-electron chi connectivity index (χ2n) is 3.43. The van der Waals surface area contributed by atoms with E-state index in [0.717, 1.165) is 0 Å². The second-order valence-corrected chi connectivity index (χ2v) is 3.43. The Balaban J connectivity index is 0. The van der Waals surface area contributed by atoms with Crippen molar-refractivity contribution in [3.05, 3.63) is 11.9 Å². The van der Waals surface area contributed by atoms with Gasteiger partial charge in [0, 0.05) is 13.0 Å². The van der Waals surface area contributed by atoms with Crippen LogP contribution in [0.25, 0.3) is 0 Å². The van der Waals surface area contributed by atoms with Crippen LogP contribution < -0.4 is 5.32 Å². The van der Waals surface area contributed by atoms with Crippen molar-refractivity contribution in [1.29, 1.82) is 0 Å². The fraction of sp³-hybridized carbons (Fsp3) is 0.667. The van der Waals surface area contributed by atoms with Crippen molar-refractivity contribution >= 4 is 18.4 Å². The maximum absolute atomic E-state index is 12.3. The highest BCUT2D eigenvalue weighted by atomic mass is 35.5. The van der Waals surface area contributed by atoms with Crippen molar-refractivity contribution in [3.63, 3.8) is 0 Å². The van der Waals surface area contributed by atoms with Gasteiger partial charge >= 0.3 is 12.0 Å². The van der Waals surface area contributed by atoms with Crippen molar-refractivity contribution in [2.75, 3.05) is 6.54 Å². The summed E-state index contributed by atoms with van der Waals surface area (Å²) >= 11 is 0. The van der Waals surface area contributed by atoms with Crippen LogP contribution in [-0.2, 0) is 4.79 Å². The van der Waals surface area contributed by atoms with Gasteiger partial charge in [-0.15, -0.1) is 12.4 Å². The van der Waals surface area contributed by atoms with Crippen LogP contribution in [0, 0.1) is 5.92 Å². The molecule has 0 saturated carbocycles. The number of hydrogen-bond acceptors (Lipinski definition) is 2. The molecule has 0 radical (unpaired) electrons. The molecular formula is C9H15ClF3NO2. The molecule has 0 aliphatic heterocycles. The summed E-state index contributed by atoms with van der Waals surface area (Å²) in [5.41, 5.74) is 0. The van der Waals surface area contributed by atoms with E-state index in [1.54, 1.807) is 13.8 Å². The van der Waals surface area contributed by atoms with E-state index < -0.39 is 30.3 Å². The summed E-state index contributed by atoms with van der Waals surface area (Å²) in [7, 11) is 0. The normalized spacial score (nSPS) is 11.9. The Bertz CT molecular complexity index is 255. The minimum atomic E-state index is -2.35. The molecule has 0 bridgehead atoms. The smallest absolute Gasteiger partial charge is 0.320 e. The van der Waals surface area contributed by atoms with Crippen molar-refractivity contribution in [3.8, 4) is 0 Å². The molecule has 0 aliphatic rings. The van der Waals surface area contributed by atoms with Crippen LogP contribution in [-0.4, -0.2) is 23.7 Å². The molecule has 16 heavy (non-hydrogen) atoms. The SMILES string of the molecule is CC(C)[C@H](NCCC(F)=C(F)F)C(=O)O.Cl. The summed E-state index contributed by atoms with van der Waals surface area (Å²) in [6, 6.07) is -0.847. The molecule has 96 valence electrons. The van der Waals surface area contributed by atoms with Crippen LogP contribution in [0.1, 0.15) is 20.3 Å². The third-order valence-electron chi connectivity index (χ3n) is 1.85. The van der Waals surface area contributed by atoms with E-state index in [4.69, 9.17) is 5.11 Å². The summed E-state index contributed by atoms with van der Waals surface area (Å²) in [4.78, 5) is 10.6. The molecule has 0 aromatic heterocycles. The zero-order valence-corrected chi connectivity index (χ0v) is 9.78. The van der Waals surface area contributed by atoms with Crippen LogP contribution in [0.5, 0.6) is 0 Å². The third kappa shape index (κ3) is 6.68. The van der Waals surface area contributed by atoms with Gasteiger partial charge in [-0.3, -0.25) is 4.79 Å². The van der Waals surface area contributed by atoms with Crippen LogP contribution in [0.3, 0.4) is 0 Å². The molecule has 1 atom stereocenters. The molecule has 0 fully saturated rings. The monoisotopic (exact) mass is 261 g/mol. The fourth-order valence-corrected chi connectivity index (χ4v) is 1.04. The number of carboxylic acids is 1. The van der Waals surface area contributed by atoms with Crippen LogP contribution in [0.4, 0.5) is 13.2 Å². The van der Waals surface area contributed by atoms with Gasteiger partial charge in [0.1, 0.15) is 6.04 Å². The van der Waals surface area contributed by atoms with E-state index in [2.05, 4.69) is 5.32 Å².